The highest BCUT2D eigenvalue weighted by Gasteiger charge is 2.31. The lowest BCUT2D eigenvalue weighted by Crippen LogP contribution is -2.18. The number of hydrogen-bond acceptors (Lipinski definition) is 3. The van der Waals surface area contributed by atoms with Crippen LogP contribution in [0.4, 0.5) is 18.9 Å². The van der Waals surface area contributed by atoms with Crippen LogP contribution in [0.25, 0.3) is 22.3 Å². The third-order valence-corrected chi connectivity index (χ3v) is 6.79. The number of nitrogens with two attached hydrogens (primary N) is 1. The monoisotopic (exact) mass is 552 g/mol. The Labute approximate surface area is 230 Å². The normalized spacial score (nSPS) is 12.2. The van der Waals surface area contributed by atoms with Gasteiger partial charge in [-0.15, -0.1) is 0 Å². The van der Waals surface area contributed by atoms with Gasteiger partial charge in [0.25, 0.3) is 5.91 Å². The smallest absolute Gasteiger partial charge is 0.416 e. The third kappa shape index (κ3) is 6.73. The molecule has 39 heavy (non-hydrogen) atoms. The van der Waals surface area contributed by atoms with E-state index in [0.29, 0.717) is 23.7 Å². The van der Waals surface area contributed by atoms with E-state index in [1.165, 1.54) is 6.07 Å². The number of anilines is 1. The van der Waals surface area contributed by atoms with Crippen LogP contribution in [0.3, 0.4) is 0 Å². The van der Waals surface area contributed by atoms with Gasteiger partial charge in [0.15, 0.2) is 0 Å². The Kier molecular flexibility index (Phi) is 8.51. The second-order valence-corrected chi connectivity index (χ2v) is 9.75. The zero-order valence-electron chi connectivity index (χ0n) is 21.5. The number of ether oxygens (including phenoxy) is 1. The minimum absolute atomic E-state index is 0.0192. The topological polar surface area (TPSA) is 64.3 Å². The van der Waals surface area contributed by atoms with E-state index in [0.717, 1.165) is 41.3 Å². The lowest BCUT2D eigenvalue weighted by molar-refractivity contribution is -0.137. The Hall–Kier alpha value is -3.97. The number of benzene rings is 4. The van der Waals surface area contributed by atoms with Crippen LogP contribution < -0.4 is 15.8 Å². The van der Waals surface area contributed by atoms with Crippen molar-refractivity contribution < 1.29 is 22.7 Å². The van der Waals surface area contributed by atoms with Gasteiger partial charge >= 0.3 is 6.18 Å². The maximum absolute atomic E-state index is 13.1. The summed E-state index contributed by atoms with van der Waals surface area (Å²) in [6, 6.07) is 23.8. The molecule has 0 aromatic heterocycles. The van der Waals surface area contributed by atoms with E-state index in [4.69, 9.17) is 22.1 Å². The third-order valence-electron chi connectivity index (χ3n) is 6.49. The Morgan fingerprint density at radius 2 is 1.59 bits per heavy atom. The van der Waals surface area contributed by atoms with E-state index in [1.807, 2.05) is 54.6 Å². The van der Waals surface area contributed by atoms with E-state index in [9.17, 15) is 18.0 Å². The van der Waals surface area contributed by atoms with Gasteiger partial charge in [-0.05, 0) is 52.9 Å². The van der Waals surface area contributed by atoms with Crippen LogP contribution >= 0.6 is 11.6 Å². The van der Waals surface area contributed by atoms with E-state index in [1.54, 1.807) is 6.07 Å². The number of nitrogens with one attached hydrogen (secondary N) is 1. The number of rotatable bonds is 9. The molecule has 3 N–H and O–H groups in total. The average molecular weight is 553 g/mol. The first kappa shape index (κ1) is 28.0. The zero-order valence-corrected chi connectivity index (χ0v) is 22.2. The molecule has 0 aliphatic heterocycles. The molecule has 0 radical (unpaired) electrons. The van der Waals surface area contributed by atoms with Crippen molar-refractivity contribution in [3.8, 4) is 33.8 Å². The molecule has 0 saturated heterocycles. The van der Waals surface area contributed by atoms with Crippen molar-refractivity contribution in [3.05, 3.63) is 101 Å². The molecule has 0 bridgehead atoms. The first-order valence-electron chi connectivity index (χ1n) is 12.5. The highest BCUT2D eigenvalue weighted by atomic mass is 35.5. The summed E-state index contributed by atoms with van der Waals surface area (Å²) < 4.78 is 45.2. The standard InChI is InChI=1S/C31H28ClF3N2O2/c1-3-19(2)18-37-29-25(22-11-9-21(10-12-22)20-7-5-4-6-8-20)16-24(17-26(29)30(36)38)39-28-14-13-23(15-27(28)32)31(33,34)35/h4-17,19,37H,3,18H2,1-2H3,(H2,36,38)/t19-/m0/s1. The summed E-state index contributed by atoms with van der Waals surface area (Å²) in [6.07, 6.45) is -3.60. The predicted molar refractivity (Wildman–Crippen MR) is 150 cm³/mol. The molecular formula is C31H28ClF3N2O2. The van der Waals surface area contributed by atoms with Crippen molar-refractivity contribution in [2.24, 2.45) is 11.7 Å². The Bertz CT molecular complexity index is 1460. The van der Waals surface area contributed by atoms with Crippen LogP contribution in [0.5, 0.6) is 11.5 Å². The van der Waals surface area contributed by atoms with Gasteiger partial charge in [-0.1, -0.05) is 86.5 Å². The molecule has 1 amide bonds. The summed E-state index contributed by atoms with van der Waals surface area (Å²) in [5.74, 6) is -0.110. The van der Waals surface area contributed by atoms with Gasteiger partial charge in [-0.25, -0.2) is 0 Å². The first-order valence-corrected chi connectivity index (χ1v) is 12.9. The van der Waals surface area contributed by atoms with Crippen molar-refractivity contribution in [2.75, 3.05) is 11.9 Å². The number of hydrogen-bond donors (Lipinski definition) is 2. The largest absolute Gasteiger partial charge is 0.456 e. The van der Waals surface area contributed by atoms with Crippen LogP contribution in [0.1, 0.15) is 36.2 Å². The Balaban J connectivity index is 1.79. The predicted octanol–water partition coefficient (Wildman–Crippen LogP) is 9.04. The average Bonchev–Trinajstić information content (AvgIpc) is 2.92. The molecule has 0 spiro atoms. The molecule has 4 nitrogen and oxygen atoms in total. The maximum atomic E-state index is 13.1. The Morgan fingerprint density at radius 3 is 2.18 bits per heavy atom. The van der Waals surface area contributed by atoms with E-state index in [-0.39, 0.29) is 22.1 Å². The van der Waals surface area contributed by atoms with Crippen molar-refractivity contribution in [1.29, 1.82) is 0 Å². The Morgan fingerprint density at radius 1 is 0.949 bits per heavy atom. The second kappa shape index (κ2) is 11.8. The summed E-state index contributed by atoms with van der Waals surface area (Å²) in [7, 11) is 0. The number of carbonyl (C=O) groups excluding carboxylic acids is 1. The molecule has 4 aromatic carbocycles. The maximum Gasteiger partial charge on any atom is 0.416 e. The number of carbonyl (C=O) groups is 1. The molecule has 4 rings (SSSR count). The van der Waals surface area contributed by atoms with Crippen LogP contribution in [0.15, 0.2) is 84.9 Å². The molecule has 8 heteroatoms. The molecular weight excluding hydrogens is 525 g/mol. The lowest BCUT2D eigenvalue weighted by atomic mass is 9.96. The van der Waals surface area contributed by atoms with Crippen LogP contribution in [0.2, 0.25) is 5.02 Å². The van der Waals surface area contributed by atoms with Gasteiger partial charge in [-0.2, -0.15) is 13.2 Å². The van der Waals surface area contributed by atoms with Gasteiger partial charge in [0.2, 0.25) is 0 Å². The van der Waals surface area contributed by atoms with Gasteiger partial charge in [-0.3, -0.25) is 4.79 Å². The molecule has 4 aromatic rings. The minimum Gasteiger partial charge on any atom is -0.456 e. The van der Waals surface area contributed by atoms with Crippen molar-refractivity contribution >= 4 is 23.2 Å². The van der Waals surface area contributed by atoms with Gasteiger partial charge in [0.05, 0.1) is 21.8 Å². The van der Waals surface area contributed by atoms with E-state index in [2.05, 4.69) is 19.2 Å². The molecule has 0 unspecified atom stereocenters. The van der Waals surface area contributed by atoms with Crippen LogP contribution in [-0.4, -0.2) is 12.5 Å². The van der Waals surface area contributed by atoms with Crippen molar-refractivity contribution in [3.63, 3.8) is 0 Å². The zero-order chi connectivity index (χ0) is 28.2. The quantitative estimate of drug-likeness (QED) is 0.218. The SMILES string of the molecule is CC[C@H](C)CNc1c(C(N)=O)cc(Oc2ccc(C(F)(F)F)cc2Cl)cc1-c1ccc(-c2ccccc2)cc1. The van der Waals surface area contributed by atoms with Crippen LogP contribution in [-0.2, 0) is 6.18 Å². The summed E-state index contributed by atoms with van der Waals surface area (Å²) in [5.41, 5.74) is 9.18. The molecule has 1 atom stereocenters. The lowest BCUT2D eigenvalue weighted by Gasteiger charge is -2.20. The molecule has 0 fully saturated rings. The van der Waals surface area contributed by atoms with Crippen LogP contribution in [0, 0.1) is 5.92 Å². The highest BCUT2D eigenvalue weighted by Crippen LogP contribution is 2.40. The molecule has 0 aliphatic rings. The van der Waals surface area contributed by atoms with Gasteiger partial charge in [0.1, 0.15) is 11.5 Å². The molecule has 0 aliphatic carbocycles. The summed E-state index contributed by atoms with van der Waals surface area (Å²) >= 11 is 6.12. The molecule has 0 heterocycles. The van der Waals surface area contributed by atoms with Gasteiger partial charge < -0.3 is 15.8 Å². The van der Waals surface area contributed by atoms with Crippen molar-refractivity contribution in [1.82, 2.24) is 0 Å². The fourth-order valence-electron chi connectivity index (χ4n) is 4.07. The summed E-state index contributed by atoms with van der Waals surface area (Å²) in [6.45, 7) is 4.78. The van der Waals surface area contributed by atoms with Gasteiger partial charge in [0, 0.05) is 12.1 Å². The van der Waals surface area contributed by atoms with Crippen molar-refractivity contribution in [2.45, 2.75) is 26.4 Å². The summed E-state index contributed by atoms with van der Waals surface area (Å²) in [4.78, 5) is 12.6. The number of primary amides is 1. The van der Waals surface area contributed by atoms with E-state index >= 15 is 0 Å². The van der Waals surface area contributed by atoms with E-state index < -0.39 is 17.6 Å². The fourth-order valence-corrected chi connectivity index (χ4v) is 4.29. The number of halogens is 4. The summed E-state index contributed by atoms with van der Waals surface area (Å²) in [5, 5.41) is 3.17. The fraction of sp³-hybridized carbons (Fsp3) is 0.194. The highest BCUT2D eigenvalue weighted by molar-refractivity contribution is 6.32. The number of alkyl halides is 3. The first-order chi connectivity index (χ1) is 18.6. The molecule has 0 saturated carbocycles. The number of amides is 1. The molecule has 202 valence electrons. The minimum atomic E-state index is -4.54. The second-order valence-electron chi connectivity index (χ2n) is 9.34.